The summed E-state index contributed by atoms with van der Waals surface area (Å²) in [7, 11) is 0. The number of aliphatic hydroxyl groups is 1. The molecule has 4 rings (SSSR count). The van der Waals surface area contributed by atoms with Crippen LogP contribution in [-0.4, -0.2) is 34.4 Å². The molecule has 0 radical (unpaired) electrons. The fourth-order valence-corrected chi connectivity index (χ4v) is 4.13. The van der Waals surface area contributed by atoms with Crippen molar-refractivity contribution in [3.63, 3.8) is 0 Å². The summed E-state index contributed by atoms with van der Waals surface area (Å²) in [5, 5.41) is 23.9. The van der Waals surface area contributed by atoms with Gasteiger partial charge in [0, 0.05) is 5.56 Å². The highest BCUT2D eigenvalue weighted by Crippen LogP contribution is 2.46. The maximum absolute atomic E-state index is 12.8. The molecule has 164 valence electrons. The number of aryl methyl sites for hydroxylation is 1. The van der Waals surface area contributed by atoms with E-state index in [4.69, 9.17) is 9.47 Å². The number of ether oxygens (including phenoxy) is 2. The van der Waals surface area contributed by atoms with E-state index in [1.807, 2.05) is 39.0 Å². The zero-order valence-electron chi connectivity index (χ0n) is 18.6. The van der Waals surface area contributed by atoms with Crippen LogP contribution in [0.25, 0.3) is 0 Å². The van der Waals surface area contributed by atoms with Gasteiger partial charge in [0.2, 0.25) is 0 Å². The quantitative estimate of drug-likeness (QED) is 0.648. The number of hydrogen-bond acceptors (Lipinski definition) is 5. The molecular formula is C25H29NO5. The second-order valence-electron chi connectivity index (χ2n) is 9.18. The predicted octanol–water partition coefficient (Wildman–Crippen LogP) is 3.95. The second kappa shape index (κ2) is 7.61. The summed E-state index contributed by atoms with van der Waals surface area (Å²) in [6, 6.07) is 6.80. The van der Waals surface area contributed by atoms with E-state index in [1.54, 1.807) is 19.9 Å². The van der Waals surface area contributed by atoms with Gasteiger partial charge in [-0.2, -0.15) is 0 Å². The average molecular weight is 424 g/mol. The van der Waals surface area contributed by atoms with E-state index < -0.39 is 17.7 Å². The van der Waals surface area contributed by atoms with Gasteiger partial charge in [0.25, 0.3) is 5.91 Å². The molecule has 3 N–H and O–H groups in total. The van der Waals surface area contributed by atoms with Crippen molar-refractivity contribution in [3.05, 3.63) is 63.7 Å². The lowest BCUT2D eigenvalue weighted by atomic mass is 9.89. The molecule has 2 aromatic rings. The Morgan fingerprint density at radius 3 is 2.71 bits per heavy atom. The van der Waals surface area contributed by atoms with Gasteiger partial charge in [-0.3, -0.25) is 4.79 Å². The maximum atomic E-state index is 12.8. The molecule has 31 heavy (non-hydrogen) atoms. The second-order valence-corrected chi connectivity index (χ2v) is 9.18. The molecule has 0 aliphatic carbocycles. The number of phenolic OH excluding ortho intramolecular Hbond substituents is 1. The van der Waals surface area contributed by atoms with Crippen molar-refractivity contribution < 1.29 is 24.5 Å². The Kier molecular flexibility index (Phi) is 5.21. The molecular weight excluding hydrogens is 394 g/mol. The SMILES string of the molecule is CC(C)=CCc1ccc(O)c2c1[C@@H](c1cc(C)cc3c1O[C@H](C(C)(C)O)CO3)NC2=O. The van der Waals surface area contributed by atoms with Crippen LogP contribution in [0.3, 0.4) is 0 Å². The van der Waals surface area contributed by atoms with E-state index in [0.29, 0.717) is 23.5 Å². The van der Waals surface area contributed by atoms with Crippen molar-refractivity contribution in [3.8, 4) is 17.2 Å². The van der Waals surface area contributed by atoms with Crippen LogP contribution in [0.2, 0.25) is 0 Å². The lowest BCUT2D eigenvalue weighted by Crippen LogP contribution is -2.46. The number of allylic oxidation sites excluding steroid dienone is 2. The summed E-state index contributed by atoms with van der Waals surface area (Å²) in [6.07, 6.45) is 2.20. The minimum atomic E-state index is -1.09. The van der Waals surface area contributed by atoms with Crippen LogP contribution >= 0.6 is 0 Å². The molecule has 1 amide bonds. The van der Waals surface area contributed by atoms with Crippen LogP contribution in [0.5, 0.6) is 17.2 Å². The van der Waals surface area contributed by atoms with Gasteiger partial charge in [-0.15, -0.1) is 0 Å². The molecule has 2 aromatic carbocycles. The third-order valence-electron chi connectivity index (χ3n) is 5.81. The van der Waals surface area contributed by atoms with E-state index in [-0.39, 0.29) is 18.3 Å². The molecule has 2 heterocycles. The molecule has 0 bridgehead atoms. The highest BCUT2D eigenvalue weighted by atomic mass is 16.6. The van der Waals surface area contributed by atoms with Crippen LogP contribution in [0.15, 0.2) is 35.9 Å². The first-order valence-electron chi connectivity index (χ1n) is 10.5. The van der Waals surface area contributed by atoms with Gasteiger partial charge in [-0.05, 0) is 75.9 Å². The summed E-state index contributed by atoms with van der Waals surface area (Å²) in [5.74, 6) is 0.745. The number of carbonyl (C=O) groups excluding carboxylic acids is 1. The number of fused-ring (bicyclic) bond motifs is 2. The minimum absolute atomic E-state index is 0.0380. The third-order valence-corrected chi connectivity index (χ3v) is 5.81. The zero-order chi connectivity index (χ0) is 22.5. The van der Waals surface area contributed by atoms with Crippen molar-refractivity contribution in [2.24, 2.45) is 0 Å². The van der Waals surface area contributed by atoms with Crippen LogP contribution in [-0.2, 0) is 6.42 Å². The van der Waals surface area contributed by atoms with Gasteiger partial charge in [-0.1, -0.05) is 17.7 Å². The summed E-state index contributed by atoms with van der Waals surface area (Å²) >= 11 is 0. The van der Waals surface area contributed by atoms with Crippen molar-refractivity contribution >= 4 is 5.91 Å². The number of nitrogens with one attached hydrogen (secondary N) is 1. The van der Waals surface area contributed by atoms with Gasteiger partial charge in [-0.25, -0.2) is 0 Å². The lowest BCUT2D eigenvalue weighted by Gasteiger charge is -2.35. The van der Waals surface area contributed by atoms with Gasteiger partial charge in [0.05, 0.1) is 17.2 Å². The monoisotopic (exact) mass is 423 g/mol. The predicted molar refractivity (Wildman–Crippen MR) is 118 cm³/mol. The number of carbonyl (C=O) groups is 1. The average Bonchev–Trinajstić information content (AvgIpc) is 3.04. The number of phenols is 1. The van der Waals surface area contributed by atoms with Crippen LogP contribution < -0.4 is 14.8 Å². The fourth-order valence-electron chi connectivity index (χ4n) is 4.13. The van der Waals surface area contributed by atoms with Crippen LogP contribution in [0.4, 0.5) is 0 Å². The zero-order valence-corrected chi connectivity index (χ0v) is 18.6. The first kappa shape index (κ1) is 21.2. The lowest BCUT2D eigenvalue weighted by molar-refractivity contribution is -0.0658. The van der Waals surface area contributed by atoms with Crippen molar-refractivity contribution in [2.75, 3.05) is 6.61 Å². The first-order valence-corrected chi connectivity index (χ1v) is 10.5. The normalized spacial score (nSPS) is 19.6. The Labute approximate surface area is 182 Å². The fraction of sp³-hybridized carbons (Fsp3) is 0.400. The van der Waals surface area contributed by atoms with Gasteiger partial charge >= 0.3 is 0 Å². The molecule has 0 spiro atoms. The number of hydrogen-bond donors (Lipinski definition) is 3. The van der Waals surface area contributed by atoms with E-state index >= 15 is 0 Å². The maximum Gasteiger partial charge on any atom is 0.256 e. The summed E-state index contributed by atoms with van der Waals surface area (Å²) in [5.41, 5.74) is 3.81. The minimum Gasteiger partial charge on any atom is -0.507 e. The van der Waals surface area contributed by atoms with Gasteiger partial charge in [0.15, 0.2) is 17.6 Å². The number of benzene rings is 2. The number of amides is 1. The first-order chi connectivity index (χ1) is 14.6. The van der Waals surface area contributed by atoms with E-state index in [9.17, 15) is 15.0 Å². The summed E-state index contributed by atoms with van der Waals surface area (Å²) < 4.78 is 12.1. The molecule has 0 aromatic heterocycles. The Bertz CT molecular complexity index is 1080. The van der Waals surface area contributed by atoms with Gasteiger partial charge in [0.1, 0.15) is 12.4 Å². The standard InChI is InChI=1S/C25H29NO5/c1-13(2)6-7-15-8-9-17(27)21-20(15)22(26-24(21)28)16-10-14(3)11-18-23(16)31-19(12-30-18)25(4,5)29/h6,8-11,19,22,27,29H,7,12H2,1-5H3,(H,26,28)/t19-,22+/m0/s1. The highest BCUT2D eigenvalue weighted by Gasteiger charge is 2.40. The largest absolute Gasteiger partial charge is 0.507 e. The topological polar surface area (TPSA) is 88.0 Å². The number of rotatable bonds is 4. The number of aromatic hydroxyl groups is 1. The van der Waals surface area contributed by atoms with Crippen molar-refractivity contribution in [2.45, 2.75) is 58.8 Å². The molecule has 6 heteroatoms. The van der Waals surface area contributed by atoms with E-state index in [0.717, 1.165) is 22.3 Å². The molecule has 0 saturated carbocycles. The third kappa shape index (κ3) is 3.88. The summed E-state index contributed by atoms with van der Waals surface area (Å²) in [4.78, 5) is 12.8. The van der Waals surface area contributed by atoms with Crippen molar-refractivity contribution in [1.82, 2.24) is 5.32 Å². The van der Waals surface area contributed by atoms with E-state index in [1.165, 1.54) is 5.57 Å². The molecule has 2 atom stereocenters. The van der Waals surface area contributed by atoms with Crippen LogP contribution in [0.1, 0.15) is 66.3 Å². The molecule has 0 saturated heterocycles. The van der Waals surface area contributed by atoms with E-state index in [2.05, 4.69) is 11.4 Å². The van der Waals surface area contributed by atoms with Gasteiger partial charge < -0.3 is 25.0 Å². The summed E-state index contributed by atoms with van der Waals surface area (Å²) in [6.45, 7) is 9.62. The molecule has 0 unspecified atom stereocenters. The molecule has 0 fully saturated rings. The highest BCUT2D eigenvalue weighted by molar-refractivity contribution is 6.02. The molecule has 2 aliphatic rings. The Hall–Kier alpha value is -2.99. The van der Waals surface area contributed by atoms with Crippen molar-refractivity contribution in [1.29, 1.82) is 0 Å². The Morgan fingerprint density at radius 2 is 2.03 bits per heavy atom. The molecule has 6 nitrogen and oxygen atoms in total. The Morgan fingerprint density at radius 1 is 1.29 bits per heavy atom. The molecule has 2 aliphatic heterocycles. The van der Waals surface area contributed by atoms with Crippen LogP contribution in [0, 0.1) is 6.92 Å². The Balaban J connectivity index is 1.87. The smallest absolute Gasteiger partial charge is 0.256 e.